The first-order chi connectivity index (χ1) is 9.05. The van der Waals surface area contributed by atoms with Gasteiger partial charge in [0.15, 0.2) is 5.16 Å². The van der Waals surface area contributed by atoms with Gasteiger partial charge in [-0.2, -0.15) is 15.0 Å². The van der Waals surface area contributed by atoms with Gasteiger partial charge in [-0.15, -0.1) is 0 Å². The van der Waals surface area contributed by atoms with Crippen LogP contribution in [0.2, 0.25) is 0 Å². The maximum atomic E-state index is 5.58. The topological polar surface area (TPSA) is 59.9 Å². The van der Waals surface area contributed by atoms with E-state index in [2.05, 4.69) is 41.0 Å². The molecule has 0 aromatic carbocycles. The quantitative estimate of drug-likeness (QED) is 0.739. The van der Waals surface area contributed by atoms with Gasteiger partial charge < -0.3 is 10.1 Å². The molecular formula is C13H24N4OS. The van der Waals surface area contributed by atoms with E-state index in [0.717, 1.165) is 24.5 Å². The minimum atomic E-state index is 0.0582. The molecule has 0 aliphatic carbocycles. The van der Waals surface area contributed by atoms with Gasteiger partial charge in [0.1, 0.15) is 0 Å². The Morgan fingerprint density at radius 2 is 1.89 bits per heavy atom. The minimum absolute atomic E-state index is 0.0582. The van der Waals surface area contributed by atoms with Crippen LogP contribution in [-0.2, 0) is 0 Å². The van der Waals surface area contributed by atoms with Crippen LogP contribution in [0.4, 0.5) is 5.95 Å². The smallest absolute Gasteiger partial charge is 0.322 e. The van der Waals surface area contributed by atoms with Crippen molar-refractivity contribution in [2.45, 2.75) is 64.0 Å². The molecule has 6 heteroatoms. The van der Waals surface area contributed by atoms with E-state index in [1.807, 2.05) is 13.8 Å². The highest BCUT2D eigenvalue weighted by Gasteiger charge is 2.11. The summed E-state index contributed by atoms with van der Waals surface area (Å²) in [6.45, 7) is 11.2. The van der Waals surface area contributed by atoms with Gasteiger partial charge in [-0.05, 0) is 26.7 Å². The number of hydrogen-bond donors (Lipinski definition) is 1. The zero-order valence-corrected chi connectivity index (χ0v) is 13.3. The lowest BCUT2D eigenvalue weighted by atomic mass is 10.4. The molecule has 0 amide bonds. The van der Waals surface area contributed by atoms with Crippen LogP contribution in [-0.4, -0.2) is 32.9 Å². The van der Waals surface area contributed by atoms with E-state index in [-0.39, 0.29) is 6.10 Å². The molecular weight excluding hydrogens is 260 g/mol. The number of hydrogen-bond acceptors (Lipinski definition) is 6. The van der Waals surface area contributed by atoms with Gasteiger partial charge in [-0.1, -0.05) is 32.5 Å². The summed E-state index contributed by atoms with van der Waals surface area (Å²) in [7, 11) is 0. The van der Waals surface area contributed by atoms with Crippen LogP contribution in [0.5, 0.6) is 6.01 Å². The van der Waals surface area contributed by atoms with Gasteiger partial charge >= 0.3 is 6.01 Å². The van der Waals surface area contributed by atoms with Crippen molar-refractivity contribution >= 4 is 17.7 Å². The summed E-state index contributed by atoms with van der Waals surface area (Å²) in [5.41, 5.74) is 0. The fourth-order valence-corrected chi connectivity index (χ4v) is 2.03. The number of rotatable bonds is 8. The Morgan fingerprint density at radius 3 is 2.47 bits per heavy atom. The molecule has 0 radical (unpaired) electrons. The van der Waals surface area contributed by atoms with Gasteiger partial charge in [-0.3, -0.25) is 0 Å². The number of aromatic nitrogens is 3. The third-order valence-corrected chi connectivity index (χ3v) is 3.48. The lowest BCUT2D eigenvalue weighted by molar-refractivity contribution is 0.219. The second-order valence-corrected chi connectivity index (χ2v) is 6.06. The molecule has 1 rings (SSSR count). The predicted molar refractivity (Wildman–Crippen MR) is 80.0 cm³/mol. The van der Waals surface area contributed by atoms with Gasteiger partial charge in [-0.25, -0.2) is 0 Å². The van der Waals surface area contributed by atoms with Crippen molar-refractivity contribution in [2.24, 2.45) is 0 Å². The van der Waals surface area contributed by atoms with Gasteiger partial charge in [0.25, 0.3) is 0 Å². The van der Waals surface area contributed by atoms with Crippen LogP contribution in [0, 0.1) is 0 Å². The van der Waals surface area contributed by atoms with Crippen LogP contribution in [0.1, 0.15) is 47.5 Å². The number of thioether (sulfide) groups is 1. The Balaban J connectivity index is 2.87. The Kier molecular flexibility index (Phi) is 6.91. The second-order valence-electron chi connectivity index (χ2n) is 4.65. The minimum Gasteiger partial charge on any atom is -0.461 e. The van der Waals surface area contributed by atoms with E-state index >= 15 is 0 Å². The first-order valence-corrected chi connectivity index (χ1v) is 7.76. The largest absolute Gasteiger partial charge is 0.461 e. The zero-order chi connectivity index (χ0) is 14.3. The van der Waals surface area contributed by atoms with Crippen molar-refractivity contribution < 1.29 is 4.74 Å². The third kappa shape index (κ3) is 6.09. The summed E-state index contributed by atoms with van der Waals surface area (Å²) >= 11 is 1.65. The molecule has 0 aliphatic heterocycles. The van der Waals surface area contributed by atoms with Crippen LogP contribution in [0.15, 0.2) is 5.16 Å². The average molecular weight is 284 g/mol. The van der Waals surface area contributed by atoms with E-state index in [4.69, 9.17) is 4.74 Å². The monoisotopic (exact) mass is 284 g/mol. The van der Waals surface area contributed by atoms with Crippen LogP contribution in [0.3, 0.4) is 0 Å². The molecule has 1 heterocycles. The number of nitrogens with one attached hydrogen (secondary N) is 1. The predicted octanol–water partition coefficient (Wildman–Crippen LogP) is 3.37. The maximum absolute atomic E-state index is 5.58. The lowest BCUT2D eigenvalue weighted by Crippen LogP contribution is -2.12. The van der Waals surface area contributed by atoms with Crippen molar-refractivity contribution in [1.29, 1.82) is 0 Å². The fraction of sp³-hybridized carbons (Fsp3) is 0.769. The van der Waals surface area contributed by atoms with E-state index in [0.29, 0.717) is 17.2 Å². The van der Waals surface area contributed by atoms with E-state index in [9.17, 15) is 0 Å². The molecule has 108 valence electrons. The maximum Gasteiger partial charge on any atom is 0.322 e. The van der Waals surface area contributed by atoms with Crippen LogP contribution in [0.25, 0.3) is 0 Å². The summed E-state index contributed by atoms with van der Waals surface area (Å²) in [5.74, 6) is 0.596. The Labute approximate surface area is 120 Å². The Morgan fingerprint density at radius 1 is 1.16 bits per heavy atom. The van der Waals surface area contributed by atoms with Crippen molar-refractivity contribution in [2.75, 3.05) is 11.9 Å². The number of nitrogens with zero attached hydrogens (tertiary/aromatic N) is 3. The summed E-state index contributed by atoms with van der Waals surface area (Å²) in [6, 6.07) is 0.398. The normalized spacial score (nSPS) is 12.5. The van der Waals surface area contributed by atoms with E-state index in [1.165, 1.54) is 0 Å². The lowest BCUT2D eigenvalue weighted by Gasteiger charge is -2.12. The number of anilines is 1. The van der Waals surface area contributed by atoms with Crippen molar-refractivity contribution in [3.63, 3.8) is 0 Å². The van der Waals surface area contributed by atoms with Crippen LogP contribution < -0.4 is 10.1 Å². The third-order valence-electron chi connectivity index (χ3n) is 2.35. The van der Waals surface area contributed by atoms with Crippen molar-refractivity contribution in [3.8, 4) is 6.01 Å². The molecule has 0 saturated carbocycles. The Bertz CT molecular complexity index is 387. The highest BCUT2D eigenvalue weighted by Crippen LogP contribution is 2.24. The SMILES string of the molecule is CCCNc1nc(OC(C)C)nc(SC(C)CC)n1. The van der Waals surface area contributed by atoms with Gasteiger partial charge in [0, 0.05) is 11.8 Å². The molecule has 1 unspecified atom stereocenters. The van der Waals surface area contributed by atoms with Gasteiger partial charge in [0.05, 0.1) is 6.10 Å². The standard InChI is InChI=1S/C13H24N4OS/c1-6-8-14-11-15-12(18-9(3)4)17-13(16-11)19-10(5)7-2/h9-10H,6-8H2,1-5H3,(H,14,15,16,17). The molecule has 0 aliphatic rings. The molecule has 1 aromatic rings. The molecule has 0 bridgehead atoms. The van der Waals surface area contributed by atoms with E-state index in [1.54, 1.807) is 11.8 Å². The number of ether oxygens (including phenoxy) is 1. The van der Waals surface area contributed by atoms with Crippen molar-refractivity contribution in [3.05, 3.63) is 0 Å². The highest BCUT2D eigenvalue weighted by atomic mass is 32.2. The van der Waals surface area contributed by atoms with Crippen LogP contribution >= 0.6 is 11.8 Å². The molecule has 1 atom stereocenters. The summed E-state index contributed by atoms with van der Waals surface area (Å²) in [4.78, 5) is 13.0. The molecule has 0 fully saturated rings. The first kappa shape index (κ1) is 16.0. The van der Waals surface area contributed by atoms with E-state index < -0.39 is 0 Å². The molecule has 0 spiro atoms. The van der Waals surface area contributed by atoms with Gasteiger partial charge in [0.2, 0.25) is 5.95 Å². The second kappa shape index (κ2) is 8.19. The zero-order valence-electron chi connectivity index (χ0n) is 12.4. The Hall–Kier alpha value is -1.04. The summed E-state index contributed by atoms with van der Waals surface area (Å²) < 4.78 is 5.58. The fourth-order valence-electron chi connectivity index (χ4n) is 1.23. The average Bonchev–Trinajstić information content (AvgIpc) is 2.35. The first-order valence-electron chi connectivity index (χ1n) is 6.88. The molecule has 5 nitrogen and oxygen atoms in total. The highest BCUT2D eigenvalue weighted by molar-refractivity contribution is 7.99. The molecule has 1 aromatic heterocycles. The summed E-state index contributed by atoms with van der Waals surface area (Å²) in [5, 5.41) is 4.38. The van der Waals surface area contributed by atoms with Crippen molar-refractivity contribution in [1.82, 2.24) is 15.0 Å². The molecule has 1 N–H and O–H groups in total. The molecule has 19 heavy (non-hydrogen) atoms. The summed E-state index contributed by atoms with van der Waals surface area (Å²) in [6.07, 6.45) is 2.16. The molecule has 0 saturated heterocycles.